The van der Waals surface area contributed by atoms with Crippen LogP contribution in [-0.2, 0) is 4.79 Å². The van der Waals surface area contributed by atoms with E-state index in [9.17, 15) is 9.90 Å². The number of methoxy groups -OCH3 is 1. The average molecular weight is 242 g/mol. The van der Waals surface area contributed by atoms with E-state index in [1.807, 2.05) is 0 Å². The van der Waals surface area contributed by atoms with Gasteiger partial charge >= 0.3 is 0 Å². The van der Waals surface area contributed by atoms with Gasteiger partial charge in [0.05, 0.1) is 31.2 Å². The van der Waals surface area contributed by atoms with Gasteiger partial charge in [-0.05, 0) is 12.1 Å². The maximum Gasteiger partial charge on any atom is 0.229 e. The van der Waals surface area contributed by atoms with Gasteiger partial charge in [-0.25, -0.2) is 0 Å². The molecule has 1 aliphatic heterocycles. The lowest BCUT2D eigenvalue weighted by Gasteiger charge is -2.17. The second-order valence-corrected chi connectivity index (χ2v) is 4.09. The van der Waals surface area contributed by atoms with Crippen molar-refractivity contribution in [1.82, 2.24) is 0 Å². The molecule has 1 saturated heterocycles. The number of carbonyl (C=O) groups is 1. The second-order valence-electron chi connectivity index (χ2n) is 3.68. The molecular formula is C11H12ClNO3. The molecule has 0 bridgehead atoms. The number of hydrogen-bond acceptors (Lipinski definition) is 3. The molecule has 1 N–H and O–H groups in total. The maximum atomic E-state index is 11.6. The maximum absolute atomic E-state index is 11.6. The van der Waals surface area contributed by atoms with Crippen LogP contribution in [0.4, 0.5) is 5.69 Å². The number of hydrogen-bond donors (Lipinski definition) is 1. The Labute approximate surface area is 98.4 Å². The van der Waals surface area contributed by atoms with Crippen LogP contribution in [0.3, 0.4) is 0 Å². The van der Waals surface area contributed by atoms with E-state index in [0.717, 1.165) is 0 Å². The zero-order chi connectivity index (χ0) is 11.7. The first-order chi connectivity index (χ1) is 7.61. The van der Waals surface area contributed by atoms with E-state index < -0.39 is 6.10 Å². The number of β-amino-alcohol motifs (C(OH)–C–C–N with tert-alkyl or cyclic N) is 1. The molecule has 1 aromatic carbocycles. The summed E-state index contributed by atoms with van der Waals surface area (Å²) in [7, 11) is 1.52. The summed E-state index contributed by atoms with van der Waals surface area (Å²) >= 11 is 5.89. The number of carbonyl (C=O) groups excluding carboxylic acids is 1. The first-order valence-corrected chi connectivity index (χ1v) is 5.31. The molecule has 0 saturated carbocycles. The lowest BCUT2D eigenvalue weighted by molar-refractivity contribution is -0.117. The number of aliphatic hydroxyl groups is 1. The Hall–Kier alpha value is -1.26. The Bertz CT molecular complexity index is 422. The van der Waals surface area contributed by atoms with Gasteiger partial charge in [0.1, 0.15) is 5.75 Å². The van der Waals surface area contributed by atoms with Gasteiger partial charge in [-0.15, -0.1) is 0 Å². The highest BCUT2D eigenvalue weighted by atomic mass is 35.5. The number of amides is 1. The predicted molar refractivity (Wildman–Crippen MR) is 61.0 cm³/mol. The minimum absolute atomic E-state index is 0.0862. The largest absolute Gasteiger partial charge is 0.495 e. The standard InChI is InChI=1S/C11H12ClNO3/c1-16-10-4-7(2-3-9(10)12)13-6-8(14)5-11(13)15/h2-4,8,14H,5-6H2,1H3. The summed E-state index contributed by atoms with van der Waals surface area (Å²) in [5, 5.41) is 9.89. The van der Waals surface area contributed by atoms with Crippen molar-refractivity contribution in [1.29, 1.82) is 0 Å². The van der Waals surface area contributed by atoms with Crippen LogP contribution in [-0.4, -0.2) is 30.8 Å². The highest BCUT2D eigenvalue weighted by molar-refractivity contribution is 6.32. The Balaban J connectivity index is 2.30. The van der Waals surface area contributed by atoms with Crippen molar-refractivity contribution in [2.24, 2.45) is 0 Å². The number of benzene rings is 1. The molecule has 16 heavy (non-hydrogen) atoms. The first kappa shape index (κ1) is 11.2. The predicted octanol–water partition coefficient (Wildman–Crippen LogP) is 1.45. The van der Waals surface area contributed by atoms with Crippen molar-refractivity contribution >= 4 is 23.2 Å². The number of aliphatic hydroxyl groups excluding tert-OH is 1. The van der Waals surface area contributed by atoms with Crippen molar-refractivity contribution in [3.05, 3.63) is 23.2 Å². The number of nitrogens with zero attached hydrogens (tertiary/aromatic N) is 1. The summed E-state index contributed by atoms with van der Waals surface area (Å²) in [5.74, 6) is 0.435. The topological polar surface area (TPSA) is 49.8 Å². The van der Waals surface area contributed by atoms with E-state index in [1.165, 1.54) is 12.0 Å². The Morgan fingerprint density at radius 3 is 2.88 bits per heavy atom. The Morgan fingerprint density at radius 1 is 1.56 bits per heavy atom. The van der Waals surface area contributed by atoms with Crippen molar-refractivity contribution in [2.75, 3.05) is 18.6 Å². The lowest BCUT2D eigenvalue weighted by atomic mass is 10.2. The lowest BCUT2D eigenvalue weighted by Crippen LogP contribution is -2.25. The summed E-state index contributed by atoms with van der Waals surface area (Å²) in [6.07, 6.45) is -0.417. The zero-order valence-electron chi connectivity index (χ0n) is 8.81. The van der Waals surface area contributed by atoms with E-state index >= 15 is 0 Å². The molecule has 1 aliphatic rings. The Kier molecular flexibility index (Phi) is 3.03. The van der Waals surface area contributed by atoms with Gasteiger partial charge in [-0.2, -0.15) is 0 Å². The van der Waals surface area contributed by atoms with E-state index in [-0.39, 0.29) is 12.3 Å². The summed E-state index contributed by atoms with van der Waals surface area (Å²) in [6.45, 7) is 0.323. The van der Waals surface area contributed by atoms with E-state index in [0.29, 0.717) is 23.0 Å². The van der Waals surface area contributed by atoms with E-state index in [2.05, 4.69) is 0 Å². The van der Waals surface area contributed by atoms with Crippen LogP contribution in [0, 0.1) is 0 Å². The van der Waals surface area contributed by atoms with Gasteiger partial charge in [0.15, 0.2) is 0 Å². The normalized spacial score (nSPS) is 20.3. The molecule has 0 spiro atoms. The van der Waals surface area contributed by atoms with Crippen molar-refractivity contribution in [3.63, 3.8) is 0 Å². The van der Waals surface area contributed by atoms with Crippen molar-refractivity contribution in [2.45, 2.75) is 12.5 Å². The molecule has 0 aliphatic carbocycles. The summed E-state index contributed by atoms with van der Waals surface area (Å²) < 4.78 is 5.07. The minimum Gasteiger partial charge on any atom is -0.495 e. The molecule has 1 aromatic rings. The molecule has 1 heterocycles. The Morgan fingerprint density at radius 2 is 2.31 bits per heavy atom. The smallest absolute Gasteiger partial charge is 0.229 e. The van der Waals surface area contributed by atoms with Crippen LogP contribution in [0.2, 0.25) is 5.02 Å². The molecule has 1 unspecified atom stereocenters. The molecule has 1 atom stereocenters. The van der Waals surface area contributed by atoms with Crippen LogP contribution >= 0.6 is 11.6 Å². The highest BCUT2D eigenvalue weighted by Gasteiger charge is 2.29. The molecule has 1 amide bonds. The summed E-state index contributed by atoms with van der Waals surface area (Å²) in [6, 6.07) is 5.10. The molecule has 4 nitrogen and oxygen atoms in total. The molecule has 5 heteroatoms. The first-order valence-electron chi connectivity index (χ1n) is 4.94. The zero-order valence-corrected chi connectivity index (χ0v) is 9.57. The fourth-order valence-electron chi connectivity index (χ4n) is 1.75. The summed E-state index contributed by atoms with van der Waals surface area (Å²) in [5.41, 5.74) is 0.697. The van der Waals surface area contributed by atoms with Gasteiger partial charge in [0, 0.05) is 11.8 Å². The third kappa shape index (κ3) is 1.99. The quantitative estimate of drug-likeness (QED) is 0.853. The highest BCUT2D eigenvalue weighted by Crippen LogP contribution is 2.31. The van der Waals surface area contributed by atoms with Crippen LogP contribution in [0.25, 0.3) is 0 Å². The SMILES string of the molecule is COc1cc(N2CC(O)CC2=O)ccc1Cl. The number of anilines is 1. The monoisotopic (exact) mass is 241 g/mol. The van der Waals surface area contributed by atoms with Gasteiger partial charge < -0.3 is 14.7 Å². The molecule has 86 valence electrons. The average Bonchev–Trinajstić information content (AvgIpc) is 2.59. The number of rotatable bonds is 2. The fourth-order valence-corrected chi connectivity index (χ4v) is 1.95. The minimum atomic E-state index is -0.589. The fraction of sp³-hybridized carbons (Fsp3) is 0.364. The van der Waals surface area contributed by atoms with Gasteiger partial charge in [0.25, 0.3) is 0 Å². The molecule has 1 fully saturated rings. The third-order valence-corrected chi connectivity index (χ3v) is 2.86. The van der Waals surface area contributed by atoms with Gasteiger partial charge in [-0.3, -0.25) is 4.79 Å². The van der Waals surface area contributed by atoms with Gasteiger partial charge in [0.2, 0.25) is 5.91 Å². The molecular weight excluding hydrogens is 230 g/mol. The van der Waals surface area contributed by atoms with E-state index in [4.69, 9.17) is 16.3 Å². The van der Waals surface area contributed by atoms with Crippen molar-refractivity contribution in [3.8, 4) is 5.75 Å². The number of ether oxygens (including phenoxy) is 1. The van der Waals surface area contributed by atoms with E-state index in [1.54, 1.807) is 18.2 Å². The molecule has 0 radical (unpaired) electrons. The summed E-state index contributed by atoms with van der Waals surface area (Å²) in [4.78, 5) is 13.1. The van der Waals surface area contributed by atoms with Crippen LogP contribution < -0.4 is 9.64 Å². The van der Waals surface area contributed by atoms with Crippen molar-refractivity contribution < 1.29 is 14.6 Å². The third-order valence-electron chi connectivity index (χ3n) is 2.55. The van der Waals surface area contributed by atoms with Crippen LogP contribution in [0.5, 0.6) is 5.75 Å². The molecule has 2 rings (SSSR count). The second kappa shape index (κ2) is 4.31. The van der Waals surface area contributed by atoms with Crippen LogP contribution in [0.15, 0.2) is 18.2 Å². The van der Waals surface area contributed by atoms with Gasteiger partial charge in [-0.1, -0.05) is 11.6 Å². The van der Waals surface area contributed by atoms with Crippen LogP contribution in [0.1, 0.15) is 6.42 Å². The number of halogens is 1. The molecule has 0 aromatic heterocycles.